The Kier molecular flexibility index (Phi) is 50.2. The van der Waals surface area contributed by atoms with Crippen LogP contribution in [0.15, 0.2) is 0 Å². The third kappa shape index (κ3) is 44.0. The molecule has 0 aliphatic carbocycles. The highest BCUT2D eigenvalue weighted by Crippen LogP contribution is 2.23. The van der Waals surface area contributed by atoms with Crippen molar-refractivity contribution >= 4 is 21.4 Å². The van der Waals surface area contributed by atoms with Crippen LogP contribution in [0.3, 0.4) is 0 Å². The molecule has 0 aromatic rings. The molecule has 338 valence electrons. The standard InChI is InChI=1S/C51H106O3SSi/c1-4-7-10-13-16-19-22-25-28-31-34-37-40-43-47-52-56(51-46-50-55,53-48-44-41-38-35-32-29-26-23-20-17-14-11-8-5-2)54-49-45-42-39-36-33-30-27-24-21-18-15-12-9-6-3/h55H,4-51H2,1-3H3. The summed E-state index contributed by atoms with van der Waals surface area (Å²) < 4.78 is 20.2. The molecular formula is C51H106O3SSi. The van der Waals surface area contributed by atoms with E-state index in [-0.39, 0.29) is 0 Å². The molecule has 0 saturated heterocycles. The van der Waals surface area contributed by atoms with Gasteiger partial charge in [-0.2, -0.15) is 12.6 Å². The Morgan fingerprint density at radius 3 is 0.607 bits per heavy atom. The van der Waals surface area contributed by atoms with Crippen LogP contribution < -0.4 is 0 Å². The molecule has 0 spiro atoms. The van der Waals surface area contributed by atoms with E-state index in [2.05, 4.69) is 33.4 Å². The summed E-state index contributed by atoms with van der Waals surface area (Å²) in [4.78, 5) is 0. The van der Waals surface area contributed by atoms with Gasteiger partial charge in [0.1, 0.15) is 0 Å². The maximum Gasteiger partial charge on any atom is 0.500 e. The Hall–Kier alpha value is 0.447. The van der Waals surface area contributed by atoms with Crippen LogP contribution in [-0.2, 0) is 13.3 Å². The lowest BCUT2D eigenvalue weighted by Crippen LogP contribution is -2.46. The highest BCUT2D eigenvalue weighted by atomic mass is 32.1. The smallest absolute Gasteiger partial charge is 0.373 e. The fourth-order valence-electron chi connectivity index (χ4n) is 8.21. The average Bonchev–Trinajstić information content (AvgIpc) is 3.21. The van der Waals surface area contributed by atoms with Crippen molar-refractivity contribution in [3.8, 4) is 0 Å². The van der Waals surface area contributed by atoms with E-state index < -0.39 is 8.80 Å². The Morgan fingerprint density at radius 2 is 0.429 bits per heavy atom. The highest BCUT2D eigenvalue weighted by molar-refractivity contribution is 7.80. The lowest BCUT2D eigenvalue weighted by molar-refractivity contribution is 0.0551. The fourth-order valence-corrected chi connectivity index (χ4v) is 11.3. The molecule has 0 radical (unpaired) electrons. The summed E-state index contributed by atoms with van der Waals surface area (Å²) in [7, 11) is -2.68. The Balaban J connectivity index is 4.41. The van der Waals surface area contributed by atoms with Gasteiger partial charge in [0.15, 0.2) is 0 Å². The quantitative estimate of drug-likeness (QED) is 0.0376. The molecule has 0 aliphatic heterocycles. The second-order valence-electron chi connectivity index (χ2n) is 17.8. The normalized spacial score (nSPS) is 12.0. The lowest BCUT2D eigenvalue weighted by Gasteiger charge is -2.30. The maximum atomic E-state index is 6.74. The average molecular weight is 828 g/mol. The van der Waals surface area contributed by atoms with Gasteiger partial charge >= 0.3 is 8.80 Å². The second kappa shape index (κ2) is 49.8. The number of hydrogen-bond acceptors (Lipinski definition) is 4. The number of unbranched alkanes of at least 4 members (excludes halogenated alkanes) is 39. The summed E-state index contributed by atoms with van der Waals surface area (Å²) in [6, 6.07) is 0.923. The minimum atomic E-state index is -2.68. The van der Waals surface area contributed by atoms with Crippen molar-refractivity contribution in [3.05, 3.63) is 0 Å². The molecule has 0 amide bonds. The third-order valence-electron chi connectivity index (χ3n) is 12.1. The maximum absolute atomic E-state index is 6.74. The molecule has 3 nitrogen and oxygen atoms in total. The monoisotopic (exact) mass is 827 g/mol. The van der Waals surface area contributed by atoms with Gasteiger partial charge in [0.05, 0.1) is 0 Å². The van der Waals surface area contributed by atoms with Gasteiger partial charge in [-0.25, -0.2) is 0 Å². The molecule has 0 aromatic carbocycles. The zero-order valence-corrected chi connectivity index (χ0v) is 41.0. The molecule has 0 N–H and O–H groups in total. The predicted molar refractivity (Wildman–Crippen MR) is 258 cm³/mol. The van der Waals surface area contributed by atoms with E-state index in [4.69, 9.17) is 13.3 Å². The zero-order valence-electron chi connectivity index (χ0n) is 39.1. The van der Waals surface area contributed by atoms with Crippen LogP contribution in [0, 0.1) is 0 Å². The summed E-state index contributed by atoms with van der Waals surface area (Å²) in [5.74, 6) is 0.876. The first-order chi connectivity index (χ1) is 27.7. The zero-order chi connectivity index (χ0) is 40.6. The van der Waals surface area contributed by atoms with Gasteiger partial charge in [-0.1, -0.05) is 271 Å². The van der Waals surface area contributed by atoms with E-state index in [0.717, 1.165) is 57.3 Å². The van der Waals surface area contributed by atoms with Crippen LogP contribution >= 0.6 is 12.6 Å². The SMILES string of the molecule is CCCCCCCCCCCCCCCCO[Si](CCCS)(OCCCCCCCCCCCCCCCC)OCCCCCCCCCCCCCCCC. The molecule has 5 heteroatoms. The Bertz CT molecular complexity index is 611. The van der Waals surface area contributed by atoms with E-state index in [1.165, 1.54) is 250 Å². The van der Waals surface area contributed by atoms with Crippen LogP contribution in [0.2, 0.25) is 6.04 Å². The van der Waals surface area contributed by atoms with E-state index >= 15 is 0 Å². The summed E-state index contributed by atoms with van der Waals surface area (Å²) in [5.41, 5.74) is 0. The Morgan fingerprint density at radius 1 is 0.250 bits per heavy atom. The summed E-state index contributed by atoms with van der Waals surface area (Å²) in [6.07, 6.45) is 59.2. The minimum Gasteiger partial charge on any atom is -0.373 e. The number of rotatable bonds is 51. The first-order valence-corrected chi connectivity index (χ1v) is 28.8. The van der Waals surface area contributed by atoms with Gasteiger partial charge in [-0.3, -0.25) is 0 Å². The summed E-state index contributed by atoms with van der Waals surface area (Å²) in [6.45, 7) is 9.32. The molecule has 0 rings (SSSR count). The first kappa shape index (κ1) is 56.4. The summed E-state index contributed by atoms with van der Waals surface area (Å²) >= 11 is 4.59. The largest absolute Gasteiger partial charge is 0.500 e. The van der Waals surface area contributed by atoms with E-state index in [1.807, 2.05) is 0 Å². The molecule has 0 unspecified atom stereocenters. The van der Waals surface area contributed by atoms with Gasteiger partial charge in [-0.05, 0) is 31.4 Å². The van der Waals surface area contributed by atoms with Crippen LogP contribution in [0.25, 0.3) is 0 Å². The summed E-state index contributed by atoms with van der Waals surface area (Å²) in [5, 5.41) is 0. The predicted octanol–water partition coefficient (Wildman–Crippen LogP) is 18.7. The number of thiol groups is 1. The van der Waals surface area contributed by atoms with Crippen LogP contribution in [0.5, 0.6) is 0 Å². The van der Waals surface area contributed by atoms with Crippen molar-refractivity contribution < 1.29 is 13.3 Å². The molecule has 0 atom stereocenters. The van der Waals surface area contributed by atoms with Gasteiger partial charge in [0.2, 0.25) is 0 Å². The molecule has 0 aromatic heterocycles. The topological polar surface area (TPSA) is 27.7 Å². The van der Waals surface area contributed by atoms with Crippen LogP contribution in [-0.4, -0.2) is 34.4 Å². The fraction of sp³-hybridized carbons (Fsp3) is 1.00. The van der Waals surface area contributed by atoms with Crippen molar-refractivity contribution in [2.75, 3.05) is 25.6 Å². The Labute approximate surface area is 361 Å². The molecule has 0 aliphatic rings. The molecule has 56 heavy (non-hydrogen) atoms. The van der Waals surface area contributed by atoms with Crippen molar-refractivity contribution in [1.29, 1.82) is 0 Å². The van der Waals surface area contributed by atoms with Gasteiger partial charge in [0, 0.05) is 25.9 Å². The van der Waals surface area contributed by atoms with Gasteiger partial charge in [0.25, 0.3) is 0 Å². The van der Waals surface area contributed by atoms with Crippen molar-refractivity contribution in [3.63, 3.8) is 0 Å². The van der Waals surface area contributed by atoms with E-state index in [1.54, 1.807) is 0 Å². The van der Waals surface area contributed by atoms with Gasteiger partial charge in [-0.15, -0.1) is 0 Å². The molecule has 0 saturated carbocycles. The lowest BCUT2D eigenvalue weighted by atomic mass is 10.0. The van der Waals surface area contributed by atoms with Gasteiger partial charge < -0.3 is 13.3 Å². The van der Waals surface area contributed by atoms with Crippen molar-refractivity contribution in [1.82, 2.24) is 0 Å². The second-order valence-corrected chi connectivity index (χ2v) is 21.0. The van der Waals surface area contributed by atoms with E-state index in [0.29, 0.717) is 0 Å². The van der Waals surface area contributed by atoms with Crippen molar-refractivity contribution in [2.45, 2.75) is 303 Å². The molecular weight excluding hydrogens is 721 g/mol. The van der Waals surface area contributed by atoms with Crippen LogP contribution in [0.1, 0.15) is 297 Å². The first-order valence-electron chi connectivity index (χ1n) is 26.3. The van der Waals surface area contributed by atoms with Crippen LogP contribution in [0.4, 0.5) is 0 Å². The van der Waals surface area contributed by atoms with Crippen molar-refractivity contribution in [2.24, 2.45) is 0 Å². The molecule has 0 heterocycles. The van der Waals surface area contributed by atoms with E-state index in [9.17, 15) is 0 Å². The number of hydrogen-bond donors (Lipinski definition) is 1. The molecule has 0 fully saturated rings. The minimum absolute atomic E-state index is 0.800. The third-order valence-corrected chi connectivity index (χ3v) is 15.3. The molecule has 0 bridgehead atoms. The highest BCUT2D eigenvalue weighted by Gasteiger charge is 2.40.